The van der Waals surface area contributed by atoms with Crippen molar-refractivity contribution in [1.82, 2.24) is 4.90 Å². The smallest absolute Gasteiger partial charge is 0.257 e. The van der Waals surface area contributed by atoms with Crippen LogP contribution in [0.15, 0.2) is 12.1 Å². The van der Waals surface area contributed by atoms with E-state index in [0.717, 1.165) is 0 Å². The molecule has 1 aliphatic rings. The first-order valence-electron chi connectivity index (χ1n) is 5.29. The van der Waals surface area contributed by atoms with E-state index in [-0.39, 0.29) is 5.91 Å². The molecule has 94 valence electrons. The Bertz CT molecular complexity index is 540. The van der Waals surface area contributed by atoms with Crippen LogP contribution in [0.2, 0.25) is 10.0 Å². The lowest BCUT2D eigenvalue weighted by Gasteiger charge is -2.19. The second kappa shape index (κ2) is 5.15. The fraction of sp³-hybridized carbons (Fsp3) is 0.333. The van der Waals surface area contributed by atoms with Gasteiger partial charge in [-0.15, -0.1) is 0 Å². The lowest BCUT2D eigenvalue weighted by molar-refractivity contribution is 0.0693. The number of amides is 1. The summed E-state index contributed by atoms with van der Waals surface area (Å²) in [5, 5.41) is 9.93. The summed E-state index contributed by atoms with van der Waals surface area (Å²) in [5.41, 5.74) is 0.819. The van der Waals surface area contributed by atoms with E-state index < -0.39 is 6.04 Å². The average Bonchev–Trinajstić information content (AvgIpc) is 2.65. The Labute approximate surface area is 115 Å². The number of methoxy groups -OCH3 is 1. The maximum atomic E-state index is 12.2. The number of nitrogens with zero attached hydrogens (tertiary/aromatic N) is 2. The van der Waals surface area contributed by atoms with E-state index in [4.69, 9.17) is 27.9 Å². The van der Waals surface area contributed by atoms with Crippen LogP contribution in [-0.2, 0) is 4.74 Å². The minimum absolute atomic E-state index is 0.277. The molecule has 0 aliphatic carbocycles. The summed E-state index contributed by atoms with van der Waals surface area (Å²) < 4.78 is 4.93. The standard InChI is InChI=1S/C12H10Cl2N2O2/c1-18-5-4-16-9(6-15)10-7(13)2-3-8(14)11(10)12(16)17/h2-3,9H,4-5H2,1H3. The molecule has 1 amide bonds. The van der Waals surface area contributed by atoms with Gasteiger partial charge < -0.3 is 9.64 Å². The maximum Gasteiger partial charge on any atom is 0.257 e. The molecule has 0 N–H and O–H groups in total. The molecule has 6 heteroatoms. The monoisotopic (exact) mass is 284 g/mol. The van der Waals surface area contributed by atoms with E-state index >= 15 is 0 Å². The van der Waals surface area contributed by atoms with Gasteiger partial charge in [0.15, 0.2) is 0 Å². The molecule has 0 spiro atoms. The van der Waals surface area contributed by atoms with Gasteiger partial charge in [-0.1, -0.05) is 23.2 Å². The summed E-state index contributed by atoms with van der Waals surface area (Å²) in [6.07, 6.45) is 0. The first-order valence-corrected chi connectivity index (χ1v) is 6.04. The van der Waals surface area contributed by atoms with Crippen molar-refractivity contribution in [3.63, 3.8) is 0 Å². The molecule has 1 atom stereocenters. The number of carbonyl (C=O) groups is 1. The number of hydrogen-bond donors (Lipinski definition) is 0. The van der Waals surface area contributed by atoms with Crippen LogP contribution < -0.4 is 0 Å². The third-order valence-electron chi connectivity index (χ3n) is 2.86. The van der Waals surface area contributed by atoms with Crippen molar-refractivity contribution in [3.05, 3.63) is 33.3 Å². The van der Waals surface area contributed by atoms with E-state index in [0.29, 0.717) is 34.3 Å². The van der Waals surface area contributed by atoms with Gasteiger partial charge in [-0.25, -0.2) is 0 Å². The topological polar surface area (TPSA) is 53.3 Å². The van der Waals surface area contributed by atoms with Crippen LogP contribution in [0.5, 0.6) is 0 Å². The number of carbonyl (C=O) groups excluding carboxylic acids is 1. The lowest BCUT2D eigenvalue weighted by Crippen LogP contribution is -2.30. The van der Waals surface area contributed by atoms with Gasteiger partial charge in [-0.05, 0) is 12.1 Å². The highest BCUT2D eigenvalue weighted by atomic mass is 35.5. The fourth-order valence-electron chi connectivity index (χ4n) is 2.02. The van der Waals surface area contributed by atoms with Gasteiger partial charge in [0.05, 0.1) is 23.3 Å². The molecule has 4 nitrogen and oxygen atoms in total. The van der Waals surface area contributed by atoms with Crippen LogP contribution in [0.25, 0.3) is 0 Å². The number of nitriles is 1. The summed E-state index contributed by atoms with van der Waals surface area (Å²) in [5.74, 6) is -0.277. The highest BCUT2D eigenvalue weighted by Gasteiger charge is 2.39. The van der Waals surface area contributed by atoms with Gasteiger partial charge in [0.2, 0.25) is 0 Å². The normalized spacial score (nSPS) is 17.8. The molecule has 0 bridgehead atoms. The lowest BCUT2D eigenvalue weighted by atomic mass is 10.1. The maximum absolute atomic E-state index is 12.2. The molecule has 1 aromatic carbocycles. The molecule has 1 unspecified atom stereocenters. The molecule has 2 rings (SSSR count). The third kappa shape index (κ3) is 1.95. The fourth-order valence-corrected chi connectivity index (χ4v) is 2.53. The first-order chi connectivity index (χ1) is 8.61. The molecule has 1 aromatic rings. The zero-order valence-corrected chi connectivity index (χ0v) is 11.1. The summed E-state index contributed by atoms with van der Waals surface area (Å²) >= 11 is 12.1. The van der Waals surface area contributed by atoms with E-state index in [1.807, 2.05) is 0 Å². The summed E-state index contributed by atoms with van der Waals surface area (Å²) in [4.78, 5) is 13.6. The van der Waals surface area contributed by atoms with Gasteiger partial charge in [-0.3, -0.25) is 4.79 Å². The van der Waals surface area contributed by atoms with Crippen LogP contribution >= 0.6 is 23.2 Å². The number of halogens is 2. The number of fused-ring (bicyclic) bond motifs is 1. The van der Waals surface area contributed by atoms with Crippen molar-refractivity contribution in [1.29, 1.82) is 5.26 Å². The second-order valence-electron chi connectivity index (χ2n) is 3.84. The predicted octanol–water partition coefficient (Wildman–Crippen LogP) is 2.66. The van der Waals surface area contributed by atoms with Gasteiger partial charge in [0, 0.05) is 24.2 Å². The first kappa shape index (κ1) is 13.2. The van der Waals surface area contributed by atoms with Crippen LogP contribution in [-0.4, -0.2) is 31.1 Å². The zero-order chi connectivity index (χ0) is 13.3. The molecule has 0 saturated heterocycles. The van der Waals surface area contributed by atoms with Gasteiger partial charge in [-0.2, -0.15) is 5.26 Å². The van der Waals surface area contributed by atoms with Crippen LogP contribution in [0.3, 0.4) is 0 Å². The SMILES string of the molecule is COCCN1C(=O)c2c(Cl)ccc(Cl)c2C1C#N. The summed E-state index contributed by atoms with van der Waals surface area (Å²) in [7, 11) is 1.54. The van der Waals surface area contributed by atoms with Crippen LogP contribution in [0.1, 0.15) is 22.0 Å². The Morgan fingerprint density at radius 1 is 1.44 bits per heavy atom. The van der Waals surface area contributed by atoms with Crippen LogP contribution in [0, 0.1) is 11.3 Å². The Kier molecular flexibility index (Phi) is 3.76. The largest absolute Gasteiger partial charge is 0.383 e. The summed E-state index contributed by atoms with van der Waals surface area (Å²) in [6, 6.07) is 4.55. The molecule has 1 heterocycles. The second-order valence-corrected chi connectivity index (χ2v) is 4.66. The van der Waals surface area contributed by atoms with Crippen molar-refractivity contribution in [2.24, 2.45) is 0 Å². The van der Waals surface area contributed by atoms with E-state index in [9.17, 15) is 10.1 Å². The number of ether oxygens (including phenoxy) is 1. The Balaban J connectivity index is 2.50. The van der Waals surface area contributed by atoms with Crippen LogP contribution in [0.4, 0.5) is 0 Å². The van der Waals surface area contributed by atoms with Crippen molar-refractivity contribution in [2.75, 3.05) is 20.3 Å². The van der Waals surface area contributed by atoms with Crippen molar-refractivity contribution >= 4 is 29.1 Å². The molecule has 0 radical (unpaired) electrons. The zero-order valence-electron chi connectivity index (χ0n) is 9.61. The average molecular weight is 285 g/mol. The van der Waals surface area contributed by atoms with Gasteiger partial charge >= 0.3 is 0 Å². The quantitative estimate of drug-likeness (QED) is 0.858. The number of rotatable bonds is 3. The molecule has 1 aliphatic heterocycles. The number of benzene rings is 1. The molecular formula is C12H10Cl2N2O2. The van der Waals surface area contributed by atoms with Gasteiger partial charge in [0.1, 0.15) is 6.04 Å². The Morgan fingerprint density at radius 3 is 2.72 bits per heavy atom. The highest BCUT2D eigenvalue weighted by Crippen LogP contribution is 2.41. The minimum Gasteiger partial charge on any atom is -0.383 e. The predicted molar refractivity (Wildman–Crippen MR) is 67.7 cm³/mol. The van der Waals surface area contributed by atoms with Crippen molar-refractivity contribution in [3.8, 4) is 6.07 Å². The number of hydrogen-bond acceptors (Lipinski definition) is 3. The highest BCUT2D eigenvalue weighted by molar-refractivity contribution is 6.37. The molecule has 0 aromatic heterocycles. The van der Waals surface area contributed by atoms with E-state index in [1.165, 1.54) is 12.0 Å². The van der Waals surface area contributed by atoms with Gasteiger partial charge in [0.25, 0.3) is 5.91 Å². The third-order valence-corrected chi connectivity index (χ3v) is 3.50. The van der Waals surface area contributed by atoms with Crippen molar-refractivity contribution in [2.45, 2.75) is 6.04 Å². The Hall–Kier alpha value is -1.28. The molecular weight excluding hydrogens is 275 g/mol. The summed E-state index contributed by atoms with van der Waals surface area (Å²) in [6.45, 7) is 0.683. The molecule has 0 saturated carbocycles. The molecule has 18 heavy (non-hydrogen) atoms. The van der Waals surface area contributed by atoms with E-state index in [1.54, 1.807) is 12.1 Å². The Morgan fingerprint density at radius 2 is 2.11 bits per heavy atom. The van der Waals surface area contributed by atoms with E-state index in [2.05, 4.69) is 6.07 Å². The minimum atomic E-state index is -0.700. The van der Waals surface area contributed by atoms with Crippen molar-refractivity contribution < 1.29 is 9.53 Å². The molecule has 0 fully saturated rings.